The first-order valence-electron chi connectivity index (χ1n) is 21.3. The molecule has 48 heavy (non-hydrogen) atoms. The summed E-state index contributed by atoms with van der Waals surface area (Å²) in [5.74, 6) is 0. The van der Waals surface area contributed by atoms with Crippen molar-refractivity contribution in [2.75, 3.05) is 37.0 Å². The van der Waals surface area contributed by atoms with E-state index in [0.29, 0.717) is 0 Å². The topological polar surface area (TPSA) is 0 Å². The highest BCUT2D eigenvalue weighted by atomic mass is 35.5. The van der Waals surface area contributed by atoms with Crippen molar-refractivity contribution in [3.05, 3.63) is 35.4 Å². The van der Waals surface area contributed by atoms with E-state index in [1.165, 1.54) is 185 Å². The first-order valence-corrected chi connectivity index (χ1v) is 26.4. The second-order valence-corrected chi connectivity index (χ2v) is 24.2. The van der Waals surface area contributed by atoms with Crippen LogP contribution in [-0.4, -0.2) is 37.0 Å². The molecule has 1 aromatic carbocycles. The molecule has 0 aromatic heterocycles. The van der Waals surface area contributed by atoms with Gasteiger partial charge in [-0.05, 0) is 68.9 Å². The second-order valence-electron chi connectivity index (χ2n) is 15.5. The third-order valence-corrected chi connectivity index (χ3v) is 20.6. The minimum Gasteiger partial charge on any atom is -0.147 e. The van der Waals surface area contributed by atoms with Crippen LogP contribution in [0, 0.1) is 0 Å². The second kappa shape index (κ2) is 34.7. The van der Waals surface area contributed by atoms with Crippen LogP contribution in [0.5, 0.6) is 0 Å². The lowest BCUT2D eigenvalue weighted by atomic mass is 10.1. The van der Waals surface area contributed by atoms with Crippen LogP contribution in [0.4, 0.5) is 0 Å². The fraction of sp³-hybridized carbons (Fsp3) is 0.864. The van der Waals surface area contributed by atoms with Gasteiger partial charge >= 0.3 is 0 Å². The highest BCUT2D eigenvalue weighted by molar-refractivity contribution is 7.75. The van der Waals surface area contributed by atoms with Crippen molar-refractivity contribution in [1.29, 1.82) is 0 Å². The van der Waals surface area contributed by atoms with E-state index in [1.54, 1.807) is 29.6 Å². The van der Waals surface area contributed by atoms with E-state index >= 15 is 0 Å². The van der Waals surface area contributed by atoms with Crippen LogP contribution in [0.3, 0.4) is 0 Å². The maximum atomic E-state index is 2.63. The van der Waals surface area contributed by atoms with E-state index in [0.717, 1.165) is 0 Å². The van der Waals surface area contributed by atoms with Crippen LogP contribution < -0.4 is 0 Å². The molecule has 0 spiro atoms. The van der Waals surface area contributed by atoms with Gasteiger partial charge in [-0.25, -0.2) is 0 Å². The standard InChI is InChI=1S/C44H86P2.2ClH/c1-7-13-19-22-25-28-38-46(39-29-26-23-20-14-8-2,40-30-27-24-21-15-9-3)42-44-33-31-43(32-34-44)41-45(35-16-10-4,36-17-11-5)37-18-12-6;;/h31-34H,7-30,35-42H2,1-6H3;2*1H/q+2;;. The quantitative estimate of drug-likeness (QED) is 0.0486. The normalized spacial score (nSPS) is 11.8. The maximum Gasteiger partial charge on any atom is 0.0842 e. The van der Waals surface area contributed by atoms with Crippen LogP contribution in [-0.2, 0) is 12.3 Å². The zero-order valence-corrected chi connectivity index (χ0v) is 37.1. The molecular formula is C44H88Cl2P2+2. The van der Waals surface area contributed by atoms with Gasteiger partial charge in [0.25, 0.3) is 0 Å². The van der Waals surface area contributed by atoms with Crippen molar-refractivity contribution >= 4 is 39.3 Å². The first-order chi connectivity index (χ1) is 22.5. The summed E-state index contributed by atoms with van der Waals surface area (Å²) in [5.41, 5.74) is 3.37. The van der Waals surface area contributed by atoms with E-state index in [-0.39, 0.29) is 24.8 Å². The van der Waals surface area contributed by atoms with Gasteiger partial charge in [0.05, 0.1) is 49.3 Å². The average Bonchev–Trinajstić information content (AvgIpc) is 3.07. The highest BCUT2D eigenvalue weighted by Gasteiger charge is 2.37. The molecule has 0 bridgehead atoms. The number of hydrogen-bond donors (Lipinski definition) is 0. The molecule has 0 aliphatic heterocycles. The van der Waals surface area contributed by atoms with Gasteiger partial charge in [-0.15, -0.1) is 24.8 Å². The summed E-state index contributed by atoms with van der Waals surface area (Å²) in [4.78, 5) is 0. The molecule has 0 heterocycles. The lowest BCUT2D eigenvalue weighted by Gasteiger charge is -2.29. The molecule has 0 amide bonds. The van der Waals surface area contributed by atoms with Crippen LogP contribution in [0.1, 0.15) is 207 Å². The molecule has 0 saturated carbocycles. The van der Waals surface area contributed by atoms with Crippen LogP contribution in [0.2, 0.25) is 0 Å². The fourth-order valence-electron chi connectivity index (χ4n) is 7.83. The van der Waals surface area contributed by atoms with E-state index < -0.39 is 14.5 Å². The van der Waals surface area contributed by atoms with Crippen molar-refractivity contribution < 1.29 is 0 Å². The minimum absolute atomic E-state index is 0. The number of unbranched alkanes of at least 4 members (excludes halogenated alkanes) is 18. The minimum atomic E-state index is -0.978. The Bertz CT molecular complexity index is 718. The van der Waals surface area contributed by atoms with Crippen molar-refractivity contribution in [2.24, 2.45) is 0 Å². The SMILES string of the molecule is CCCCCCCC[P+](CCCCCCCC)(CCCCCCCC)Cc1ccc(C[P+](CCCC)(CCCC)CCCC)cc1.Cl.Cl. The predicted molar refractivity (Wildman–Crippen MR) is 236 cm³/mol. The van der Waals surface area contributed by atoms with E-state index in [2.05, 4.69) is 65.8 Å². The molecule has 1 aromatic rings. The Balaban J connectivity index is 0. The van der Waals surface area contributed by atoms with Gasteiger partial charge in [0.1, 0.15) is 0 Å². The number of halogens is 2. The molecule has 1 rings (SSSR count). The highest BCUT2D eigenvalue weighted by Crippen LogP contribution is 2.65. The largest absolute Gasteiger partial charge is 0.147 e. The molecule has 0 aliphatic rings. The summed E-state index contributed by atoms with van der Waals surface area (Å²) in [6, 6.07) is 10.5. The van der Waals surface area contributed by atoms with Gasteiger partial charge in [-0.3, -0.25) is 0 Å². The first kappa shape index (κ1) is 50.8. The van der Waals surface area contributed by atoms with Crippen LogP contribution in [0.15, 0.2) is 24.3 Å². The van der Waals surface area contributed by atoms with E-state index in [4.69, 9.17) is 0 Å². The Kier molecular flexibility index (Phi) is 36.7. The zero-order chi connectivity index (χ0) is 33.6. The van der Waals surface area contributed by atoms with Gasteiger partial charge < -0.3 is 0 Å². The molecule has 0 N–H and O–H groups in total. The third kappa shape index (κ3) is 24.8. The summed E-state index contributed by atoms with van der Waals surface area (Å²) in [7, 11) is -1.88. The zero-order valence-electron chi connectivity index (χ0n) is 33.6. The summed E-state index contributed by atoms with van der Waals surface area (Å²) in [5, 5.41) is 0. The van der Waals surface area contributed by atoms with Crippen LogP contribution in [0.25, 0.3) is 0 Å². The Morgan fingerprint density at radius 2 is 0.500 bits per heavy atom. The predicted octanol–water partition coefficient (Wildman–Crippen LogP) is 17.0. The molecule has 0 radical (unpaired) electrons. The van der Waals surface area contributed by atoms with Gasteiger partial charge in [-0.1, -0.05) is 162 Å². The fourth-order valence-corrected chi connectivity index (χ4v) is 17.7. The molecule has 0 unspecified atom stereocenters. The summed E-state index contributed by atoms with van der Waals surface area (Å²) < 4.78 is 0. The number of rotatable bonds is 34. The molecule has 0 aliphatic carbocycles. The van der Waals surface area contributed by atoms with E-state index in [1.807, 2.05) is 0 Å². The van der Waals surface area contributed by atoms with Crippen molar-refractivity contribution in [2.45, 2.75) is 208 Å². The van der Waals surface area contributed by atoms with E-state index in [9.17, 15) is 0 Å². The number of hydrogen-bond acceptors (Lipinski definition) is 0. The summed E-state index contributed by atoms with van der Waals surface area (Å²) in [6.45, 7) is 14.3. The average molecular weight is 750 g/mol. The molecule has 4 heteroatoms. The molecule has 0 saturated heterocycles. The molecular weight excluding hydrogens is 661 g/mol. The molecule has 0 atom stereocenters. The molecule has 0 nitrogen and oxygen atoms in total. The Morgan fingerprint density at radius 3 is 0.750 bits per heavy atom. The Hall–Kier alpha value is 0.660. The summed E-state index contributed by atoms with van der Waals surface area (Å²) in [6.07, 6.45) is 46.7. The lowest BCUT2D eigenvalue weighted by Crippen LogP contribution is -2.13. The van der Waals surface area contributed by atoms with Crippen molar-refractivity contribution in [1.82, 2.24) is 0 Å². The number of benzene rings is 1. The third-order valence-electron chi connectivity index (χ3n) is 11.0. The van der Waals surface area contributed by atoms with Crippen molar-refractivity contribution in [3.8, 4) is 0 Å². The molecule has 286 valence electrons. The smallest absolute Gasteiger partial charge is 0.0842 e. The van der Waals surface area contributed by atoms with Gasteiger partial charge in [0.2, 0.25) is 0 Å². The Morgan fingerprint density at radius 1 is 0.292 bits per heavy atom. The van der Waals surface area contributed by atoms with Crippen LogP contribution >= 0.6 is 39.3 Å². The summed E-state index contributed by atoms with van der Waals surface area (Å²) >= 11 is 0. The Labute approximate surface area is 318 Å². The van der Waals surface area contributed by atoms with Crippen molar-refractivity contribution in [3.63, 3.8) is 0 Å². The maximum absolute atomic E-state index is 2.63. The van der Waals surface area contributed by atoms with Gasteiger partial charge in [-0.2, -0.15) is 0 Å². The molecule has 0 fully saturated rings. The van der Waals surface area contributed by atoms with Gasteiger partial charge in [0.15, 0.2) is 0 Å². The van der Waals surface area contributed by atoms with Gasteiger partial charge in [0, 0.05) is 14.5 Å². The lowest BCUT2D eigenvalue weighted by molar-refractivity contribution is 0.615. The monoisotopic (exact) mass is 749 g/mol.